The highest BCUT2D eigenvalue weighted by molar-refractivity contribution is 5.92. The van der Waals surface area contributed by atoms with E-state index >= 15 is 0 Å². The van der Waals surface area contributed by atoms with E-state index < -0.39 is 17.9 Å². The van der Waals surface area contributed by atoms with Crippen LogP contribution in [0.4, 0.5) is 0 Å². The van der Waals surface area contributed by atoms with Gasteiger partial charge in [0.1, 0.15) is 6.54 Å². The molecule has 132 valence electrons. The number of carbonyl (C=O) groups is 4. The Morgan fingerprint density at radius 1 is 1.13 bits per heavy atom. The molecule has 23 heavy (non-hydrogen) atoms. The first-order valence-electron chi connectivity index (χ1n) is 8.02. The molecule has 0 heterocycles. The number of esters is 1. The van der Waals surface area contributed by atoms with Crippen molar-refractivity contribution in [1.82, 2.24) is 10.6 Å². The van der Waals surface area contributed by atoms with Crippen LogP contribution >= 0.6 is 0 Å². The number of rotatable bonds is 11. The van der Waals surface area contributed by atoms with Gasteiger partial charge in [-0.15, -0.1) is 0 Å². The van der Waals surface area contributed by atoms with Gasteiger partial charge in [-0.25, -0.2) is 0 Å². The summed E-state index contributed by atoms with van der Waals surface area (Å²) in [4.78, 5) is 46.7. The average Bonchev–Trinajstić information content (AvgIpc) is 2.55. The molecule has 7 heteroatoms. The highest BCUT2D eigenvalue weighted by atomic mass is 16.5. The summed E-state index contributed by atoms with van der Waals surface area (Å²) in [7, 11) is 1.23. The third-order valence-corrected chi connectivity index (χ3v) is 3.48. The molecule has 2 amide bonds. The fraction of sp³-hybridized carbons (Fsp3) is 0.750. The molecule has 0 aromatic carbocycles. The first kappa shape index (κ1) is 21.1. The highest BCUT2D eigenvalue weighted by Crippen LogP contribution is 2.10. The van der Waals surface area contributed by atoms with E-state index in [2.05, 4.69) is 15.4 Å². The molecule has 7 nitrogen and oxygen atoms in total. The van der Waals surface area contributed by atoms with Crippen LogP contribution in [-0.4, -0.2) is 43.3 Å². The normalized spacial score (nSPS) is 12.9. The first-order valence-corrected chi connectivity index (χ1v) is 8.02. The Hall–Kier alpha value is -1.92. The maximum Gasteiger partial charge on any atom is 0.325 e. The number of hydrogen-bond donors (Lipinski definition) is 2. The van der Waals surface area contributed by atoms with Crippen molar-refractivity contribution >= 4 is 23.6 Å². The molecule has 0 aliphatic rings. The summed E-state index contributed by atoms with van der Waals surface area (Å²) in [6.45, 7) is 5.12. The van der Waals surface area contributed by atoms with Crippen LogP contribution in [0.15, 0.2) is 0 Å². The van der Waals surface area contributed by atoms with Crippen LogP contribution in [0.2, 0.25) is 0 Å². The number of Topliss-reactive ketones (excluding diaryl/α,β-unsaturated/α-hetero) is 1. The zero-order chi connectivity index (χ0) is 17.8. The average molecular weight is 328 g/mol. The minimum atomic E-state index is -0.574. The predicted molar refractivity (Wildman–Crippen MR) is 85.6 cm³/mol. The summed E-state index contributed by atoms with van der Waals surface area (Å²) in [5, 5.41) is 5.13. The van der Waals surface area contributed by atoms with E-state index in [1.807, 2.05) is 6.92 Å². The van der Waals surface area contributed by atoms with Crippen LogP contribution in [0, 0.1) is 5.92 Å². The van der Waals surface area contributed by atoms with E-state index in [-0.39, 0.29) is 30.6 Å². The van der Waals surface area contributed by atoms with Crippen molar-refractivity contribution in [3.8, 4) is 0 Å². The molecule has 0 saturated carbocycles. The van der Waals surface area contributed by atoms with Crippen molar-refractivity contribution in [2.24, 2.45) is 5.92 Å². The molecule has 0 saturated heterocycles. The molecule has 0 aromatic heterocycles. The van der Waals surface area contributed by atoms with Gasteiger partial charge in [-0.1, -0.05) is 33.6 Å². The van der Waals surface area contributed by atoms with Gasteiger partial charge in [-0.05, 0) is 6.42 Å². The molecule has 2 N–H and O–H groups in total. The van der Waals surface area contributed by atoms with Crippen LogP contribution in [0.1, 0.15) is 52.9 Å². The van der Waals surface area contributed by atoms with Gasteiger partial charge in [0, 0.05) is 18.8 Å². The van der Waals surface area contributed by atoms with E-state index in [4.69, 9.17) is 0 Å². The molecule has 2 atom stereocenters. The third kappa shape index (κ3) is 8.95. The molecule has 0 bridgehead atoms. The summed E-state index contributed by atoms with van der Waals surface area (Å²) in [5.41, 5.74) is 0. The smallest absolute Gasteiger partial charge is 0.325 e. The lowest BCUT2D eigenvalue weighted by Crippen LogP contribution is -2.42. The SMILES string of the molecule is CCCC[C@@H](NC(=O)CC)C(=O)C[C@H](C)C(=O)NCC(=O)OC. The van der Waals surface area contributed by atoms with Crippen molar-refractivity contribution in [3.63, 3.8) is 0 Å². The molecule has 0 aliphatic carbocycles. The van der Waals surface area contributed by atoms with Crippen molar-refractivity contribution in [2.75, 3.05) is 13.7 Å². The monoisotopic (exact) mass is 328 g/mol. The molecule has 0 aliphatic heterocycles. The lowest BCUT2D eigenvalue weighted by molar-refractivity contribution is -0.141. The molecule has 0 spiro atoms. The van der Waals surface area contributed by atoms with Crippen LogP contribution in [0.3, 0.4) is 0 Å². The maximum absolute atomic E-state index is 12.3. The van der Waals surface area contributed by atoms with E-state index in [0.717, 1.165) is 12.8 Å². The van der Waals surface area contributed by atoms with Crippen LogP contribution in [0.25, 0.3) is 0 Å². The van der Waals surface area contributed by atoms with Crippen molar-refractivity contribution in [1.29, 1.82) is 0 Å². The van der Waals surface area contributed by atoms with Crippen LogP contribution in [0.5, 0.6) is 0 Å². The van der Waals surface area contributed by atoms with Gasteiger partial charge in [0.2, 0.25) is 11.8 Å². The van der Waals surface area contributed by atoms with Gasteiger partial charge >= 0.3 is 5.97 Å². The Morgan fingerprint density at radius 3 is 2.30 bits per heavy atom. The predicted octanol–water partition coefficient (Wildman–Crippen LogP) is 0.956. The zero-order valence-corrected chi connectivity index (χ0v) is 14.4. The Bertz CT molecular complexity index is 423. The van der Waals surface area contributed by atoms with Crippen molar-refractivity contribution < 1.29 is 23.9 Å². The van der Waals surface area contributed by atoms with Gasteiger partial charge < -0.3 is 15.4 Å². The van der Waals surface area contributed by atoms with Gasteiger partial charge in [0.25, 0.3) is 0 Å². The lowest BCUT2D eigenvalue weighted by Gasteiger charge is -2.19. The Morgan fingerprint density at radius 2 is 1.78 bits per heavy atom. The Labute approximate surface area is 137 Å². The second kappa shape index (κ2) is 11.6. The molecule has 0 rings (SSSR count). The van der Waals surface area contributed by atoms with Crippen molar-refractivity contribution in [3.05, 3.63) is 0 Å². The van der Waals surface area contributed by atoms with Gasteiger partial charge in [0.05, 0.1) is 13.2 Å². The number of hydrogen-bond acceptors (Lipinski definition) is 5. The Kier molecular flexibility index (Phi) is 10.7. The fourth-order valence-electron chi connectivity index (χ4n) is 1.96. The molecular weight excluding hydrogens is 300 g/mol. The summed E-state index contributed by atoms with van der Waals surface area (Å²) in [6, 6.07) is -0.557. The van der Waals surface area contributed by atoms with E-state index in [1.165, 1.54) is 7.11 Å². The summed E-state index contributed by atoms with van der Waals surface area (Å²) in [5.74, 6) is -1.86. The lowest BCUT2D eigenvalue weighted by atomic mass is 9.96. The summed E-state index contributed by atoms with van der Waals surface area (Å²) in [6.07, 6.45) is 2.64. The summed E-state index contributed by atoms with van der Waals surface area (Å²) < 4.78 is 4.43. The minimum absolute atomic E-state index is 0.0192. The molecule has 0 radical (unpaired) electrons. The second-order valence-corrected chi connectivity index (χ2v) is 5.48. The number of methoxy groups -OCH3 is 1. The Balaban J connectivity index is 4.53. The van der Waals surface area contributed by atoms with E-state index in [9.17, 15) is 19.2 Å². The maximum atomic E-state index is 12.3. The molecule has 0 fully saturated rings. The molecular formula is C16H28N2O5. The van der Waals surface area contributed by atoms with Crippen LogP contribution < -0.4 is 10.6 Å². The highest BCUT2D eigenvalue weighted by Gasteiger charge is 2.24. The van der Waals surface area contributed by atoms with E-state index in [0.29, 0.717) is 12.8 Å². The largest absolute Gasteiger partial charge is 0.468 e. The second-order valence-electron chi connectivity index (χ2n) is 5.48. The number of carbonyl (C=O) groups excluding carboxylic acids is 4. The first-order chi connectivity index (χ1) is 10.8. The molecule has 0 aromatic rings. The number of nitrogens with one attached hydrogen (secondary N) is 2. The molecule has 0 unspecified atom stereocenters. The fourth-order valence-corrected chi connectivity index (χ4v) is 1.96. The van der Waals surface area contributed by atoms with Gasteiger partial charge in [-0.3, -0.25) is 19.2 Å². The third-order valence-electron chi connectivity index (χ3n) is 3.48. The zero-order valence-electron chi connectivity index (χ0n) is 14.4. The number of ketones is 1. The number of unbranched alkanes of at least 4 members (excludes halogenated alkanes) is 1. The van der Waals surface area contributed by atoms with Gasteiger partial charge in [0.15, 0.2) is 5.78 Å². The van der Waals surface area contributed by atoms with Crippen LogP contribution in [-0.2, 0) is 23.9 Å². The number of amides is 2. The number of ether oxygens (including phenoxy) is 1. The standard InChI is InChI=1S/C16H28N2O5/c1-5-7-8-12(18-14(20)6-2)13(19)9-11(3)16(22)17-10-15(21)23-4/h11-12H,5-10H2,1-4H3,(H,17,22)(H,18,20)/t11-,12+/m0/s1. The van der Waals surface area contributed by atoms with Crippen molar-refractivity contribution in [2.45, 2.75) is 58.9 Å². The topological polar surface area (TPSA) is 102 Å². The van der Waals surface area contributed by atoms with E-state index in [1.54, 1.807) is 13.8 Å². The quantitative estimate of drug-likeness (QED) is 0.550. The van der Waals surface area contributed by atoms with Gasteiger partial charge in [-0.2, -0.15) is 0 Å². The minimum Gasteiger partial charge on any atom is -0.468 e. The summed E-state index contributed by atoms with van der Waals surface area (Å²) >= 11 is 0.